The Morgan fingerprint density at radius 1 is 0.921 bits per heavy atom. The average molecular weight is 875 g/mol. The molecule has 7 rings (SSSR count). The van der Waals surface area contributed by atoms with Gasteiger partial charge in [-0.25, -0.2) is 4.98 Å². The van der Waals surface area contributed by atoms with Crippen molar-refractivity contribution in [1.29, 1.82) is 0 Å². The molecular weight excluding hydrogens is 821 g/mol. The molecule has 3 aliphatic rings. The second kappa shape index (κ2) is 20.8. The van der Waals surface area contributed by atoms with E-state index in [0.717, 1.165) is 30.6 Å². The highest BCUT2D eigenvalue weighted by Gasteiger charge is 2.45. The van der Waals surface area contributed by atoms with Gasteiger partial charge >= 0.3 is 0 Å². The van der Waals surface area contributed by atoms with Crippen LogP contribution in [0.15, 0.2) is 42.7 Å². The molecule has 1 saturated carbocycles. The van der Waals surface area contributed by atoms with Crippen molar-refractivity contribution in [2.45, 2.75) is 62.9 Å². The standard InChI is InChI=1S/C42H54N10O11/c1-58-30-22-24(47-37-34(36(44)54)38-46-12-14-51(38)42(50-37)48-27-8-4-3-7-26(27)43)23-31(59-2)35(30)63-21-20-62-19-18-61-17-16-60-15-13-45-28-9-5-6-25-33(28)41(57)52(40(25)56)29-10-11-32(53)49-39(29)55/h5-6,9,12,14,22-23,26-27,29,36,45,47,54H,3-4,7-8,10-11,13,15-21,43-44H2,1-2H3,(H,48,50)(H,49,53,55)/t26-,27+,29?,36?/m1/s1. The highest BCUT2D eigenvalue weighted by molar-refractivity contribution is 6.25. The molecule has 4 heterocycles. The molecule has 338 valence electrons. The molecule has 21 nitrogen and oxygen atoms in total. The van der Waals surface area contributed by atoms with Crippen LogP contribution < -0.4 is 46.9 Å². The van der Waals surface area contributed by atoms with Gasteiger partial charge in [0.25, 0.3) is 11.8 Å². The molecular formula is C42H54N10O11. The molecule has 1 saturated heterocycles. The third-order valence-electron chi connectivity index (χ3n) is 11.0. The number of methoxy groups -OCH3 is 2. The molecule has 2 unspecified atom stereocenters. The van der Waals surface area contributed by atoms with Crippen molar-refractivity contribution in [3.8, 4) is 17.2 Å². The van der Waals surface area contributed by atoms with Gasteiger partial charge in [0.2, 0.25) is 23.5 Å². The van der Waals surface area contributed by atoms with Crippen LogP contribution in [0.3, 0.4) is 0 Å². The van der Waals surface area contributed by atoms with Gasteiger partial charge in [0, 0.05) is 61.0 Å². The van der Waals surface area contributed by atoms with Gasteiger partial charge in [0.05, 0.1) is 70.6 Å². The fourth-order valence-corrected chi connectivity index (χ4v) is 7.87. The number of nitrogens with one attached hydrogen (secondary N) is 4. The lowest BCUT2D eigenvalue weighted by Gasteiger charge is -2.30. The number of fused-ring (bicyclic) bond motifs is 2. The number of anilines is 4. The Balaban J connectivity index is 0.826. The number of piperidine rings is 1. The van der Waals surface area contributed by atoms with Crippen molar-refractivity contribution in [1.82, 2.24) is 24.6 Å². The quantitative estimate of drug-likeness (QED) is 0.0338. The zero-order chi connectivity index (χ0) is 44.5. The lowest BCUT2D eigenvalue weighted by molar-refractivity contribution is -0.136. The summed E-state index contributed by atoms with van der Waals surface area (Å²) in [6.07, 6.45) is 6.09. The van der Waals surface area contributed by atoms with Crippen LogP contribution >= 0.6 is 0 Å². The molecule has 1 aliphatic carbocycles. The highest BCUT2D eigenvalue weighted by atomic mass is 16.6. The van der Waals surface area contributed by atoms with Crippen molar-refractivity contribution in [2.75, 3.05) is 83.0 Å². The van der Waals surface area contributed by atoms with Crippen LogP contribution in [-0.2, 0) is 23.8 Å². The number of imidazole rings is 1. The normalized spacial score (nSPS) is 19.2. The summed E-state index contributed by atoms with van der Waals surface area (Å²) in [6, 6.07) is 7.28. The molecule has 0 radical (unpaired) electrons. The van der Waals surface area contributed by atoms with Crippen LogP contribution in [0.25, 0.3) is 5.65 Å². The average Bonchev–Trinajstić information content (AvgIpc) is 3.86. The summed E-state index contributed by atoms with van der Waals surface area (Å²) in [6.45, 7) is 2.38. The maximum atomic E-state index is 13.3. The first-order chi connectivity index (χ1) is 30.6. The number of imide groups is 2. The Labute approximate surface area is 363 Å². The van der Waals surface area contributed by atoms with Crippen LogP contribution in [-0.4, -0.2) is 133 Å². The first-order valence-electron chi connectivity index (χ1n) is 20.9. The summed E-state index contributed by atoms with van der Waals surface area (Å²) in [5.74, 6) is -0.300. The first-order valence-corrected chi connectivity index (χ1v) is 20.9. The lowest BCUT2D eigenvalue weighted by Crippen LogP contribution is -2.54. The Hall–Kier alpha value is -6.10. The molecule has 2 fully saturated rings. The smallest absolute Gasteiger partial charge is 0.264 e. The minimum atomic E-state index is -1.38. The largest absolute Gasteiger partial charge is 0.493 e. The summed E-state index contributed by atoms with van der Waals surface area (Å²) < 4.78 is 36.1. The number of aliphatic hydroxyl groups is 1. The van der Waals surface area contributed by atoms with Crippen molar-refractivity contribution in [2.24, 2.45) is 11.5 Å². The number of aromatic nitrogens is 3. The van der Waals surface area contributed by atoms with E-state index in [9.17, 15) is 24.3 Å². The molecule has 63 heavy (non-hydrogen) atoms. The maximum Gasteiger partial charge on any atom is 0.264 e. The number of ether oxygens (including phenoxy) is 6. The van der Waals surface area contributed by atoms with Crippen molar-refractivity contribution in [3.05, 3.63) is 59.4 Å². The second-order valence-corrected chi connectivity index (χ2v) is 15.1. The van der Waals surface area contributed by atoms with Crippen LogP contribution in [0.1, 0.15) is 71.0 Å². The number of amides is 4. The van der Waals surface area contributed by atoms with Crippen LogP contribution in [0.4, 0.5) is 23.1 Å². The summed E-state index contributed by atoms with van der Waals surface area (Å²) >= 11 is 0. The van der Waals surface area contributed by atoms with E-state index in [-0.39, 0.29) is 49.3 Å². The predicted octanol–water partition coefficient (Wildman–Crippen LogP) is 2.06. The van der Waals surface area contributed by atoms with E-state index in [2.05, 4.69) is 26.3 Å². The highest BCUT2D eigenvalue weighted by Crippen LogP contribution is 2.42. The Bertz CT molecular complexity index is 2260. The number of hydrogen-bond acceptors (Lipinski definition) is 18. The molecule has 4 atom stereocenters. The number of nitrogens with two attached hydrogens (primary N) is 2. The number of nitrogens with zero attached hydrogens (tertiary/aromatic N) is 4. The zero-order valence-corrected chi connectivity index (χ0v) is 35.2. The minimum Gasteiger partial charge on any atom is -0.493 e. The first kappa shape index (κ1) is 44.9. The molecule has 9 N–H and O–H groups in total. The Morgan fingerprint density at radius 3 is 2.30 bits per heavy atom. The molecule has 0 bridgehead atoms. The molecule has 2 aliphatic heterocycles. The van der Waals surface area contributed by atoms with Gasteiger partial charge in [-0.2, -0.15) is 4.98 Å². The number of carbonyl (C=O) groups excluding carboxylic acids is 4. The van der Waals surface area contributed by atoms with E-state index in [1.165, 1.54) is 14.2 Å². The van der Waals surface area contributed by atoms with Gasteiger partial charge in [-0.05, 0) is 31.4 Å². The Morgan fingerprint density at radius 2 is 1.62 bits per heavy atom. The van der Waals surface area contributed by atoms with Gasteiger partial charge in [-0.3, -0.25) is 33.8 Å². The number of hydrogen-bond donors (Lipinski definition) is 7. The van der Waals surface area contributed by atoms with Gasteiger partial charge in [-0.1, -0.05) is 18.9 Å². The summed E-state index contributed by atoms with van der Waals surface area (Å²) in [5.41, 5.74) is 14.6. The van der Waals surface area contributed by atoms with Crippen molar-refractivity contribution in [3.63, 3.8) is 0 Å². The van der Waals surface area contributed by atoms with Gasteiger partial charge in [0.15, 0.2) is 11.5 Å². The van der Waals surface area contributed by atoms with Gasteiger partial charge < -0.3 is 60.9 Å². The van der Waals surface area contributed by atoms with Crippen molar-refractivity contribution >= 4 is 52.4 Å². The fourth-order valence-electron chi connectivity index (χ4n) is 7.87. The van der Waals surface area contributed by atoms with E-state index in [4.69, 9.17) is 44.9 Å². The molecule has 4 aromatic rings. The van der Waals surface area contributed by atoms with Crippen LogP contribution in [0, 0.1) is 0 Å². The Kier molecular flexibility index (Phi) is 14.9. The number of benzene rings is 2. The van der Waals surface area contributed by atoms with E-state index < -0.39 is 35.9 Å². The monoisotopic (exact) mass is 874 g/mol. The van der Waals surface area contributed by atoms with Crippen LogP contribution in [0.2, 0.25) is 0 Å². The SMILES string of the molecule is COc1cc(Nc2nc(N[C@H]3CCCC[C@H]3N)n3ccnc3c2C(N)O)cc(OC)c1OCCOCCOCCOCCNc1cccc2c1C(=O)N(C1CCC(=O)NC1=O)C2=O. The molecule has 4 amide bonds. The third kappa shape index (κ3) is 10.2. The van der Waals surface area contributed by atoms with Crippen LogP contribution in [0.5, 0.6) is 17.2 Å². The zero-order valence-electron chi connectivity index (χ0n) is 35.2. The van der Waals surface area contributed by atoms with Gasteiger partial charge in [-0.15, -0.1) is 0 Å². The molecule has 2 aromatic heterocycles. The second-order valence-electron chi connectivity index (χ2n) is 15.1. The van der Waals surface area contributed by atoms with E-state index in [1.54, 1.807) is 47.1 Å². The van der Waals surface area contributed by atoms with E-state index >= 15 is 0 Å². The summed E-state index contributed by atoms with van der Waals surface area (Å²) in [5, 5.41) is 22.7. The molecule has 2 aromatic carbocycles. The van der Waals surface area contributed by atoms with Gasteiger partial charge in [0.1, 0.15) is 30.3 Å². The summed E-state index contributed by atoms with van der Waals surface area (Å²) in [7, 11) is 3.03. The topological polar surface area (TPSA) is 277 Å². The number of aliphatic hydroxyl groups excluding tert-OH is 1. The van der Waals surface area contributed by atoms with E-state index in [0.29, 0.717) is 91.2 Å². The fraction of sp³-hybridized carbons (Fsp3) is 0.476. The van der Waals surface area contributed by atoms with Crippen molar-refractivity contribution < 1.29 is 52.7 Å². The number of rotatable bonds is 22. The maximum absolute atomic E-state index is 13.3. The number of carbonyl (C=O) groups is 4. The summed E-state index contributed by atoms with van der Waals surface area (Å²) in [4.78, 5) is 60.5. The molecule has 21 heteroatoms. The predicted molar refractivity (Wildman–Crippen MR) is 228 cm³/mol. The third-order valence-corrected chi connectivity index (χ3v) is 11.0. The molecule has 0 spiro atoms. The lowest BCUT2D eigenvalue weighted by atomic mass is 9.91. The minimum absolute atomic E-state index is 0.0204. The van der Waals surface area contributed by atoms with E-state index in [1.807, 2.05) is 0 Å².